The Morgan fingerprint density at radius 1 is 1.52 bits per heavy atom. The molecular weight excluding hydrogens is 310 g/mol. The average Bonchev–Trinajstić information content (AvgIpc) is 2.93. The summed E-state index contributed by atoms with van der Waals surface area (Å²) in [6, 6.07) is 6.15. The molecule has 0 spiro atoms. The Kier molecular flexibility index (Phi) is 4.79. The summed E-state index contributed by atoms with van der Waals surface area (Å²) < 4.78 is 1.03. The number of carbonyl (C=O) groups is 1. The van der Waals surface area contributed by atoms with E-state index in [0.717, 1.165) is 40.5 Å². The number of likely N-dealkylation sites (tertiary alicyclic amines) is 1. The van der Waals surface area contributed by atoms with Gasteiger partial charge in [-0.1, -0.05) is 18.3 Å². The molecule has 1 fully saturated rings. The van der Waals surface area contributed by atoms with Crippen LogP contribution >= 0.6 is 11.3 Å². The first-order valence-electron chi connectivity index (χ1n) is 7.91. The number of carbonyl (C=O) groups excluding carboxylic acids is 1. The first-order valence-corrected chi connectivity index (χ1v) is 8.73. The van der Waals surface area contributed by atoms with Gasteiger partial charge in [-0.25, -0.2) is 4.98 Å². The summed E-state index contributed by atoms with van der Waals surface area (Å²) in [6.45, 7) is 5.11. The fourth-order valence-corrected chi connectivity index (χ4v) is 3.40. The maximum atomic E-state index is 12.4. The van der Waals surface area contributed by atoms with E-state index in [4.69, 9.17) is 5.73 Å². The first-order chi connectivity index (χ1) is 11.1. The van der Waals surface area contributed by atoms with Crippen LogP contribution in [0, 0.1) is 5.92 Å². The van der Waals surface area contributed by atoms with Crippen LogP contribution in [0.2, 0.25) is 0 Å². The van der Waals surface area contributed by atoms with E-state index in [2.05, 4.69) is 22.5 Å². The van der Waals surface area contributed by atoms with Gasteiger partial charge in [0.25, 0.3) is 5.91 Å². The number of aromatic nitrogens is 1. The molecule has 2 heterocycles. The molecule has 6 nitrogen and oxygen atoms in total. The minimum absolute atomic E-state index is 0.0954. The standard InChI is InChI=1S/C16H23N5OS/c1-10(6-17)7-19-16-20-13-4-3-11(5-14(13)23-16)15(22)21-8-12(9-21)18-2/h3-5,10,12,18H,6-9,17H2,1-2H3,(H,19,20)/t10-/m0/s1. The van der Waals surface area contributed by atoms with Crippen molar-refractivity contribution in [1.29, 1.82) is 0 Å². The van der Waals surface area contributed by atoms with Crippen LogP contribution in [0.25, 0.3) is 10.2 Å². The summed E-state index contributed by atoms with van der Waals surface area (Å²) in [5.74, 6) is 0.503. The lowest BCUT2D eigenvalue weighted by Gasteiger charge is -2.39. The molecule has 3 rings (SSSR count). The van der Waals surface area contributed by atoms with Gasteiger partial charge in [-0.05, 0) is 37.7 Å². The molecule has 1 aliphatic heterocycles. The molecule has 1 amide bonds. The molecule has 0 unspecified atom stereocenters. The monoisotopic (exact) mass is 333 g/mol. The van der Waals surface area contributed by atoms with Gasteiger partial charge in [0.1, 0.15) is 0 Å². The largest absolute Gasteiger partial charge is 0.361 e. The number of thiazole rings is 1. The molecule has 23 heavy (non-hydrogen) atoms. The number of hydrogen-bond donors (Lipinski definition) is 3. The molecular formula is C16H23N5OS. The normalized spacial score (nSPS) is 16.4. The third-order valence-electron chi connectivity index (χ3n) is 4.22. The molecule has 1 saturated heterocycles. The van der Waals surface area contributed by atoms with Gasteiger partial charge in [-0.2, -0.15) is 0 Å². The summed E-state index contributed by atoms with van der Waals surface area (Å²) in [7, 11) is 1.93. The Morgan fingerprint density at radius 2 is 2.30 bits per heavy atom. The van der Waals surface area contributed by atoms with E-state index in [1.807, 2.05) is 30.1 Å². The minimum atomic E-state index is 0.0954. The maximum Gasteiger partial charge on any atom is 0.254 e. The highest BCUT2D eigenvalue weighted by molar-refractivity contribution is 7.22. The van der Waals surface area contributed by atoms with Crippen LogP contribution < -0.4 is 16.4 Å². The number of nitrogens with two attached hydrogens (primary N) is 1. The summed E-state index contributed by atoms with van der Waals surface area (Å²) >= 11 is 1.58. The van der Waals surface area contributed by atoms with Crippen LogP contribution in [0.15, 0.2) is 18.2 Å². The number of fused-ring (bicyclic) bond motifs is 1. The number of nitrogens with one attached hydrogen (secondary N) is 2. The molecule has 7 heteroatoms. The van der Waals surface area contributed by atoms with Gasteiger partial charge in [0, 0.05) is 31.2 Å². The number of rotatable bonds is 6. The Bertz CT molecular complexity index is 695. The minimum Gasteiger partial charge on any atom is -0.361 e. The van der Waals surface area contributed by atoms with Crippen molar-refractivity contribution in [2.24, 2.45) is 11.7 Å². The molecule has 1 atom stereocenters. The first kappa shape index (κ1) is 16.2. The van der Waals surface area contributed by atoms with E-state index in [1.165, 1.54) is 0 Å². The van der Waals surface area contributed by atoms with Crippen LogP contribution in [-0.4, -0.2) is 55.1 Å². The molecule has 2 aromatic rings. The Labute approximate surface area is 140 Å². The third kappa shape index (κ3) is 3.46. The third-order valence-corrected chi connectivity index (χ3v) is 5.19. The van der Waals surface area contributed by atoms with Crippen LogP contribution in [-0.2, 0) is 0 Å². The fourth-order valence-electron chi connectivity index (χ4n) is 2.49. The van der Waals surface area contributed by atoms with Crippen molar-refractivity contribution in [3.05, 3.63) is 23.8 Å². The van der Waals surface area contributed by atoms with Crippen LogP contribution in [0.5, 0.6) is 0 Å². The summed E-state index contributed by atoms with van der Waals surface area (Å²) in [5, 5.41) is 7.37. The highest BCUT2D eigenvalue weighted by atomic mass is 32.1. The lowest BCUT2D eigenvalue weighted by atomic mass is 10.1. The maximum absolute atomic E-state index is 12.4. The molecule has 0 saturated carbocycles. The predicted octanol–water partition coefficient (Wildman–Crippen LogP) is 1.35. The van der Waals surface area contributed by atoms with E-state index >= 15 is 0 Å². The summed E-state index contributed by atoms with van der Waals surface area (Å²) in [4.78, 5) is 18.9. The number of anilines is 1. The van der Waals surface area contributed by atoms with Gasteiger partial charge in [0.05, 0.1) is 10.2 Å². The van der Waals surface area contributed by atoms with Crippen molar-refractivity contribution in [2.45, 2.75) is 13.0 Å². The second kappa shape index (κ2) is 6.82. The lowest BCUT2D eigenvalue weighted by molar-refractivity contribution is 0.0577. The molecule has 1 aliphatic rings. The van der Waals surface area contributed by atoms with Crippen molar-refractivity contribution >= 4 is 32.6 Å². The lowest BCUT2D eigenvalue weighted by Crippen LogP contribution is -2.58. The van der Waals surface area contributed by atoms with Gasteiger partial charge in [-0.3, -0.25) is 4.79 Å². The van der Waals surface area contributed by atoms with E-state index in [9.17, 15) is 4.79 Å². The van der Waals surface area contributed by atoms with Crippen molar-refractivity contribution < 1.29 is 4.79 Å². The average molecular weight is 333 g/mol. The molecule has 0 bridgehead atoms. The highest BCUT2D eigenvalue weighted by Crippen LogP contribution is 2.27. The van der Waals surface area contributed by atoms with E-state index in [1.54, 1.807) is 11.3 Å². The van der Waals surface area contributed by atoms with Gasteiger partial charge in [0.15, 0.2) is 5.13 Å². The summed E-state index contributed by atoms with van der Waals surface area (Å²) in [5.41, 5.74) is 7.28. The molecule has 1 aromatic carbocycles. The second-order valence-corrected chi connectivity index (χ2v) is 7.15. The number of nitrogens with zero attached hydrogens (tertiary/aromatic N) is 2. The van der Waals surface area contributed by atoms with Crippen LogP contribution in [0.4, 0.5) is 5.13 Å². The van der Waals surface area contributed by atoms with E-state index in [0.29, 0.717) is 18.5 Å². The number of hydrogen-bond acceptors (Lipinski definition) is 6. The molecule has 4 N–H and O–H groups in total. The quantitative estimate of drug-likeness (QED) is 0.743. The molecule has 124 valence electrons. The van der Waals surface area contributed by atoms with Gasteiger partial charge in [0.2, 0.25) is 0 Å². The molecule has 0 aliphatic carbocycles. The SMILES string of the molecule is CNC1CN(C(=O)c2ccc3nc(NC[C@@H](C)CN)sc3c2)C1. The van der Waals surface area contributed by atoms with Crippen LogP contribution in [0.3, 0.4) is 0 Å². The summed E-state index contributed by atoms with van der Waals surface area (Å²) in [6.07, 6.45) is 0. The molecule has 1 aromatic heterocycles. The van der Waals surface area contributed by atoms with Crippen molar-refractivity contribution in [2.75, 3.05) is 38.5 Å². The molecule has 0 radical (unpaired) electrons. The van der Waals surface area contributed by atoms with Crippen LogP contribution in [0.1, 0.15) is 17.3 Å². The van der Waals surface area contributed by atoms with Crippen molar-refractivity contribution in [3.63, 3.8) is 0 Å². The fraction of sp³-hybridized carbons (Fsp3) is 0.500. The van der Waals surface area contributed by atoms with E-state index in [-0.39, 0.29) is 5.91 Å². The number of benzene rings is 1. The smallest absolute Gasteiger partial charge is 0.254 e. The van der Waals surface area contributed by atoms with Gasteiger partial charge >= 0.3 is 0 Å². The zero-order valence-electron chi connectivity index (χ0n) is 13.5. The van der Waals surface area contributed by atoms with Gasteiger partial charge < -0.3 is 21.3 Å². The zero-order valence-corrected chi connectivity index (χ0v) is 14.3. The van der Waals surface area contributed by atoms with Gasteiger partial charge in [-0.15, -0.1) is 0 Å². The van der Waals surface area contributed by atoms with E-state index < -0.39 is 0 Å². The zero-order chi connectivity index (χ0) is 16.4. The predicted molar refractivity (Wildman–Crippen MR) is 95.1 cm³/mol. The van der Waals surface area contributed by atoms with Crippen molar-refractivity contribution in [3.8, 4) is 0 Å². The van der Waals surface area contributed by atoms with Crippen molar-refractivity contribution in [1.82, 2.24) is 15.2 Å². The number of amides is 1. The Balaban J connectivity index is 1.70. The highest BCUT2D eigenvalue weighted by Gasteiger charge is 2.30. The second-order valence-electron chi connectivity index (χ2n) is 6.12. The number of likely N-dealkylation sites (N-methyl/N-ethyl adjacent to an activating group) is 1. The Hall–Kier alpha value is -1.70. The topological polar surface area (TPSA) is 83.3 Å². The Morgan fingerprint density at radius 3 is 3.00 bits per heavy atom.